The molecule has 1 heterocycles. The third kappa shape index (κ3) is 3.89. The van der Waals surface area contributed by atoms with Crippen LogP contribution in [0.2, 0.25) is 0 Å². The summed E-state index contributed by atoms with van der Waals surface area (Å²) >= 11 is 0. The molecule has 0 bridgehead atoms. The lowest BCUT2D eigenvalue weighted by Gasteiger charge is -2.37. The first-order chi connectivity index (χ1) is 8.24. The number of methoxy groups -OCH3 is 1. The Bertz CT molecular complexity index is 321. The third-order valence-corrected chi connectivity index (χ3v) is 2.97. The van der Waals surface area contributed by atoms with E-state index < -0.39 is 17.7 Å². The van der Waals surface area contributed by atoms with Gasteiger partial charge in [-0.25, -0.2) is 9.59 Å². The first-order valence-electron chi connectivity index (χ1n) is 6.32. The number of hydrogen-bond acceptors (Lipinski definition) is 4. The average Bonchev–Trinajstić information content (AvgIpc) is 2.25. The minimum atomic E-state index is -0.555. The van der Waals surface area contributed by atoms with Crippen LogP contribution in [0.3, 0.4) is 0 Å². The quantitative estimate of drug-likeness (QED) is 0.676. The molecule has 5 nitrogen and oxygen atoms in total. The van der Waals surface area contributed by atoms with Crippen molar-refractivity contribution in [2.75, 3.05) is 13.7 Å². The molecule has 1 rings (SSSR count). The lowest BCUT2D eigenvalue weighted by molar-refractivity contribution is -0.148. The molecule has 5 heteroatoms. The molecule has 1 amide bonds. The number of carbonyl (C=O) groups is 2. The summed E-state index contributed by atoms with van der Waals surface area (Å²) in [5, 5.41) is 0. The largest absolute Gasteiger partial charge is 0.467 e. The molecule has 0 spiro atoms. The lowest BCUT2D eigenvalue weighted by Crippen LogP contribution is -2.51. The summed E-state index contributed by atoms with van der Waals surface area (Å²) in [7, 11) is 1.34. The van der Waals surface area contributed by atoms with Crippen molar-refractivity contribution in [2.45, 2.75) is 52.2 Å². The smallest absolute Gasteiger partial charge is 0.411 e. The maximum atomic E-state index is 12.0. The van der Waals surface area contributed by atoms with E-state index in [1.807, 2.05) is 20.8 Å². The fourth-order valence-electron chi connectivity index (χ4n) is 2.04. The van der Waals surface area contributed by atoms with Gasteiger partial charge < -0.3 is 9.47 Å². The van der Waals surface area contributed by atoms with Crippen LogP contribution >= 0.6 is 0 Å². The molecule has 0 radical (unpaired) electrons. The van der Waals surface area contributed by atoms with Gasteiger partial charge in [0, 0.05) is 6.54 Å². The normalized spacial score (nSPS) is 24.6. The Balaban J connectivity index is 2.77. The van der Waals surface area contributed by atoms with Crippen LogP contribution in [-0.4, -0.2) is 42.3 Å². The van der Waals surface area contributed by atoms with E-state index in [0.29, 0.717) is 18.9 Å². The fourth-order valence-corrected chi connectivity index (χ4v) is 2.04. The zero-order chi connectivity index (χ0) is 13.9. The summed E-state index contributed by atoms with van der Waals surface area (Å²) in [5.41, 5.74) is -0.555. The number of piperidine rings is 1. The highest BCUT2D eigenvalue weighted by Crippen LogP contribution is 2.25. The van der Waals surface area contributed by atoms with Gasteiger partial charge in [0.1, 0.15) is 11.6 Å². The van der Waals surface area contributed by atoms with E-state index in [-0.39, 0.29) is 5.97 Å². The summed E-state index contributed by atoms with van der Waals surface area (Å²) in [6.07, 6.45) is 1.07. The predicted molar refractivity (Wildman–Crippen MR) is 67.1 cm³/mol. The van der Waals surface area contributed by atoms with E-state index in [0.717, 1.165) is 6.42 Å². The molecule has 1 unspecified atom stereocenters. The van der Waals surface area contributed by atoms with Crippen molar-refractivity contribution in [2.24, 2.45) is 5.92 Å². The van der Waals surface area contributed by atoms with E-state index in [1.54, 1.807) is 0 Å². The monoisotopic (exact) mass is 257 g/mol. The SMILES string of the molecule is COC(=O)C1C[C@H](C)CCN1C(=O)OC(C)(C)C. The first-order valence-corrected chi connectivity index (χ1v) is 6.32. The molecular formula is C13H23NO4. The molecule has 1 aliphatic heterocycles. The molecule has 0 aliphatic carbocycles. The number of nitrogens with zero attached hydrogens (tertiary/aromatic N) is 1. The summed E-state index contributed by atoms with van der Waals surface area (Å²) in [5.74, 6) is 0.0418. The third-order valence-electron chi connectivity index (χ3n) is 2.97. The van der Waals surface area contributed by atoms with Crippen LogP contribution in [0.1, 0.15) is 40.5 Å². The molecule has 0 aromatic carbocycles. The Morgan fingerprint density at radius 1 is 1.28 bits per heavy atom. The van der Waals surface area contributed by atoms with Crippen LogP contribution in [0.15, 0.2) is 0 Å². The number of likely N-dealkylation sites (tertiary alicyclic amines) is 1. The molecule has 104 valence electrons. The highest BCUT2D eigenvalue weighted by atomic mass is 16.6. The van der Waals surface area contributed by atoms with Gasteiger partial charge in [-0.15, -0.1) is 0 Å². The van der Waals surface area contributed by atoms with Crippen LogP contribution in [0.5, 0.6) is 0 Å². The molecule has 2 atom stereocenters. The Morgan fingerprint density at radius 2 is 1.89 bits per heavy atom. The molecular weight excluding hydrogens is 234 g/mol. The van der Waals surface area contributed by atoms with Crippen LogP contribution in [0, 0.1) is 5.92 Å². The van der Waals surface area contributed by atoms with Gasteiger partial charge in [-0.05, 0) is 39.5 Å². The summed E-state index contributed by atoms with van der Waals surface area (Å²) < 4.78 is 10.1. The Hall–Kier alpha value is -1.26. The molecule has 18 heavy (non-hydrogen) atoms. The van der Waals surface area contributed by atoms with E-state index in [4.69, 9.17) is 9.47 Å². The predicted octanol–water partition coefficient (Wildman–Crippen LogP) is 2.20. The molecule has 0 aromatic heterocycles. The Morgan fingerprint density at radius 3 is 2.39 bits per heavy atom. The minimum absolute atomic E-state index is 0.368. The summed E-state index contributed by atoms with van der Waals surface area (Å²) in [4.78, 5) is 25.3. The molecule has 0 N–H and O–H groups in total. The van der Waals surface area contributed by atoms with Crippen molar-refractivity contribution in [1.29, 1.82) is 0 Å². The topological polar surface area (TPSA) is 55.8 Å². The second-order valence-electron chi connectivity index (χ2n) is 5.84. The van der Waals surface area contributed by atoms with E-state index in [9.17, 15) is 9.59 Å². The maximum Gasteiger partial charge on any atom is 0.411 e. The summed E-state index contributed by atoms with van der Waals surface area (Å²) in [6.45, 7) is 8.04. The van der Waals surface area contributed by atoms with Crippen molar-refractivity contribution < 1.29 is 19.1 Å². The summed E-state index contributed by atoms with van der Waals surface area (Å²) in [6, 6.07) is -0.520. The van der Waals surface area contributed by atoms with Crippen LogP contribution in [-0.2, 0) is 14.3 Å². The lowest BCUT2D eigenvalue weighted by atomic mass is 9.93. The van der Waals surface area contributed by atoms with Gasteiger partial charge in [0.05, 0.1) is 7.11 Å². The van der Waals surface area contributed by atoms with Gasteiger partial charge in [0.25, 0.3) is 0 Å². The molecule has 0 saturated carbocycles. The Labute approximate surface area is 108 Å². The number of carbonyl (C=O) groups excluding carboxylic acids is 2. The van der Waals surface area contributed by atoms with Crippen molar-refractivity contribution in [3.8, 4) is 0 Å². The second-order valence-corrected chi connectivity index (χ2v) is 5.84. The molecule has 1 aliphatic rings. The van der Waals surface area contributed by atoms with Crippen LogP contribution in [0.25, 0.3) is 0 Å². The van der Waals surface area contributed by atoms with Gasteiger partial charge in [-0.3, -0.25) is 4.90 Å². The molecule has 1 saturated heterocycles. The number of rotatable bonds is 1. The standard InChI is InChI=1S/C13H23NO4/c1-9-6-7-14(10(8-9)11(15)17-5)12(16)18-13(2,3)4/h9-10H,6-8H2,1-5H3/t9-,10?/m1/s1. The van der Waals surface area contributed by atoms with Gasteiger partial charge in [-0.2, -0.15) is 0 Å². The maximum absolute atomic E-state index is 12.0. The fraction of sp³-hybridized carbons (Fsp3) is 0.846. The van der Waals surface area contributed by atoms with Crippen molar-refractivity contribution in [3.63, 3.8) is 0 Å². The average molecular weight is 257 g/mol. The van der Waals surface area contributed by atoms with Crippen molar-refractivity contribution >= 4 is 12.1 Å². The number of ether oxygens (including phenoxy) is 2. The van der Waals surface area contributed by atoms with Gasteiger partial charge in [0.2, 0.25) is 0 Å². The highest BCUT2D eigenvalue weighted by Gasteiger charge is 2.37. The number of hydrogen-bond donors (Lipinski definition) is 0. The zero-order valence-electron chi connectivity index (χ0n) is 11.9. The number of esters is 1. The van der Waals surface area contributed by atoms with Crippen molar-refractivity contribution in [3.05, 3.63) is 0 Å². The molecule has 0 aromatic rings. The number of amides is 1. The van der Waals surface area contributed by atoms with Crippen molar-refractivity contribution in [1.82, 2.24) is 4.90 Å². The van der Waals surface area contributed by atoms with Gasteiger partial charge in [0.15, 0.2) is 0 Å². The minimum Gasteiger partial charge on any atom is -0.467 e. The van der Waals surface area contributed by atoms with Crippen LogP contribution in [0.4, 0.5) is 4.79 Å². The van der Waals surface area contributed by atoms with Gasteiger partial charge >= 0.3 is 12.1 Å². The Kier molecular flexibility index (Phi) is 4.59. The van der Waals surface area contributed by atoms with E-state index >= 15 is 0 Å². The first kappa shape index (κ1) is 14.8. The van der Waals surface area contributed by atoms with Crippen LogP contribution < -0.4 is 0 Å². The van der Waals surface area contributed by atoms with E-state index in [2.05, 4.69) is 6.92 Å². The molecule has 1 fully saturated rings. The van der Waals surface area contributed by atoms with E-state index in [1.165, 1.54) is 12.0 Å². The zero-order valence-corrected chi connectivity index (χ0v) is 11.9. The second kappa shape index (κ2) is 5.59. The highest BCUT2D eigenvalue weighted by molar-refractivity contribution is 5.81. The van der Waals surface area contributed by atoms with Gasteiger partial charge in [-0.1, -0.05) is 6.92 Å².